The highest BCUT2D eigenvalue weighted by Gasteiger charge is 2.05. The molecule has 0 amide bonds. The maximum atomic E-state index is 12.0. The maximum Gasteiger partial charge on any atom is 0.316 e. The Labute approximate surface area is 121 Å². The summed E-state index contributed by atoms with van der Waals surface area (Å²) in [6.45, 7) is 4.40. The lowest BCUT2D eigenvalue weighted by Gasteiger charge is -2.08. The Morgan fingerprint density at radius 1 is 1.15 bits per heavy atom. The van der Waals surface area contributed by atoms with Gasteiger partial charge in [-0.3, -0.25) is 9.59 Å². The Kier molecular flexibility index (Phi) is 4.58. The van der Waals surface area contributed by atoms with E-state index in [0.717, 1.165) is 5.56 Å². The van der Waals surface area contributed by atoms with Crippen molar-refractivity contribution in [2.24, 2.45) is 0 Å². The standard InChI is InChI=1S/C15H15ClN2O2/c1-2-3-7-17-8-9-18(15(20)14(17)19)11-12-5-4-6-13(16)10-12/h2,4-6,8-10H,1,3,7,11H2. The number of halogens is 1. The monoisotopic (exact) mass is 290 g/mol. The van der Waals surface area contributed by atoms with Crippen molar-refractivity contribution < 1.29 is 0 Å². The van der Waals surface area contributed by atoms with Crippen LogP contribution in [0.3, 0.4) is 0 Å². The van der Waals surface area contributed by atoms with Crippen LogP contribution in [0.15, 0.2) is 58.9 Å². The van der Waals surface area contributed by atoms with Gasteiger partial charge in [0.05, 0.1) is 6.54 Å². The van der Waals surface area contributed by atoms with Crippen LogP contribution in [-0.2, 0) is 13.1 Å². The number of hydrogen-bond donors (Lipinski definition) is 0. The van der Waals surface area contributed by atoms with E-state index in [0.29, 0.717) is 24.5 Å². The second-order valence-corrected chi connectivity index (χ2v) is 4.87. The fraction of sp³-hybridized carbons (Fsp3) is 0.200. The molecule has 5 heteroatoms. The predicted octanol–water partition coefficient (Wildman–Crippen LogP) is 2.29. The highest BCUT2D eigenvalue weighted by atomic mass is 35.5. The summed E-state index contributed by atoms with van der Waals surface area (Å²) in [5, 5.41) is 0.606. The molecule has 0 unspecified atom stereocenters. The molecule has 1 aromatic carbocycles. The maximum absolute atomic E-state index is 12.0. The van der Waals surface area contributed by atoms with Gasteiger partial charge in [0.15, 0.2) is 0 Å². The highest BCUT2D eigenvalue weighted by Crippen LogP contribution is 2.10. The van der Waals surface area contributed by atoms with Crippen molar-refractivity contribution >= 4 is 11.6 Å². The molecule has 2 rings (SSSR count). The molecule has 2 aromatic rings. The zero-order valence-corrected chi connectivity index (χ0v) is 11.7. The fourth-order valence-corrected chi connectivity index (χ4v) is 2.12. The highest BCUT2D eigenvalue weighted by molar-refractivity contribution is 6.30. The summed E-state index contributed by atoms with van der Waals surface area (Å²) >= 11 is 5.90. The number of benzene rings is 1. The molecule has 0 aliphatic carbocycles. The van der Waals surface area contributed by atoms with Crippen molar-refractivity contribution in [1.29, 1.82) is 0 Å². The van der Waals surface area contributed by atoms with Crippen LogP contribution in [0.1, 0.15) is 12.0 Å². The molecule has 0 bridgehead atoms. The second kappa shape index (κ2) is 6.39. The van der Waals surface area contributed by atoms with E-state index in [1.807, 2.05) is 12.1 Å². The number of aryl methyl sites for hydroxylation is 1. The molecule has 0 saturated heterocycles. The van der Waals surface area contributed by atoms with Crippen LogP contribution in [0.25, 0.3) is 0 Å². The van der Waals surface area contributed by atoms with E-state index in [2.05, 4.69) is 6.58 Å². The molecule has 0 radical (unpaired) electrons. The number of allylic oxidation sites excluding steroid dienone is 1. The van der Waals surface area contributed by atoms with Gasteiger partial charge in [-0.2, -0.15) is 0 Å². The summed E-state index contributed by atoms with van der Waals surface area (Å²) in [5.74, 6) is 0. The van der Waals surface area contributed by atoms with E-state index in [4.69, 9.17) is 11.6 Å². The van der Waals surface area contributed by atoms with Gasteiger partial charge in [0.2, 0.25) is 0 Å². The zero-order chi connectivity index (χ0) is 14.5. The second-order valence-electron chi connectivity index (χ2n) is 4.44. The van der Waals surface area contributed by atoms with E-state index >= 15 is 0 Å². The summed E-state index contributed by atoms with van der Waals surface area (Å²) in [7, 11) is 0. The lowest BCUT2D eigenvalue weighted by atomic mass is 10.2. The van der Waals surface area contributed by atoms with Gasteiger partial charge in [0, 0.05) is 24.0 Å². The number of rotatable bonds is 5. The average molecular weight is 291 g/mol. The lowest BCUT2D eigenvalue weighted by Crippen LogP contribution is -2.40. The van der Waals surface area contributed by atoms with Crippen LogP contribution in [0.4, 0.5) is 0 Å². The minimum atomic E-state index is -0.531. The molecule has 0 spiro atoms. The lowest BCUT2D eigenvalue weighted by molar-refractivity contribution is 0.628. The Morgan fingerprint density at radius 3 is 2.55 bits per heavy atom. The topological polar surface area (TPSA) is 44.0 Å². The quantitative estimate of drug-likeness (QED) is 0.626. The minimum absolute atomic E-state index is 0.330. The van der Waals surface area contributed by atoms with Crippen LogP contribution in [0.2, 0.25) is 5.02 Å². The molecule has 0 aliphatic heterocycles. The van der Waals surface area contributed by atoms with E-state index in [1.165, 1.54) is 9.13 Å². The molecule has 0 aliphatic rings. The Morgan fingerprint density at radius 2 is 1.85 bits per heavy atom. The third kappa shape index (κ3) is 3.27. The number of nitrogens with zero attached hydrogens (tertiary/aromatic N) is 2. The predicted molar refractivity (Wildman–Crippen MR) is 80.3 cm³/mol. The molecular formula is C15H15ClN2O2. The van der Waals surface area contributed by atoms with Gasteiger partial charge >= 0.3 is 11.1 Å². The summed E-state index contributed by atoms with van der Waals surface area (Å²) in [6, 6.07) is 7.22. The van der Waals surface area contributed by atoms with Crippen molar-refractivity contribution in [2.45, 2.75) is 19.5 Å². The first-order chi connectivity index (χ1) is 9.61. The molecule has 0 fully saturated rings. The first-order valence-corrected chi connectivity index (χ1v) is 6.65. The van der Waals surface area contributed by atoms with Crippen molar-refractivity contribution in [2.75, 3.05) is 0 Å². The van der Waals surface area contributed by atoms with Gasteiger partial charge in [-0.25, -0.2) is 0 Å². The third-order valence-electron chi connectivity index (χ3n) is 2.95. The van der Waals surface area contributed by atoms with Crippen LogP contribution >= 0.6 is 11.6 Å². The third-order valence-corrected chi connectivity index (χ3v) is 3.18. The first kappa shape index (κ1) is 14.3. The molecule has 1 aromatic heterocycles. The zero-order valence-electron chi connectivity index (χ0n) is 11.0. The van der Waals surface area contributed by atoms with Gasteiger partial charge in [0.25, 0.3) is 0 Å². The summed E-state index contributed by atoms with van der Waals surface area (Å²) in [4.78, 5) is 23.9. The summed E-state index contributed by atoms with van der Waals surface area (Å²) in [6.07, 6.45) is 5.60. The fourth-order valence-electron chi connectivity index (χ4n) is 1.91. The van der Waals surface area contributed by atoms with Gasteiger partial charge in [-0.1, -0.05) is 29.8 Å². The van der Waals surface area contributed by atoms with Gasteiger partial charge in [0.1, 0.15) is 0 Å². The van der Waals surface area contributed by atoms with Crippen molar-refractivity contribution in [3.8, 4) is 0 Å². The molecule has 104 valence electrons. The van der Waals surface area contributed by atoms with Crippen molar-refractivity contribution in [1.82, 2.24) is 9.13 Å². The first-order valence-electron chi connectivity index (χ1n) is 6.27. The average Bonchev–Trinajstić information content (AvgIpc) is 2.43. The Balaban J connectivity index is 2.30. The SMILES string of the molecule is C=CCCn1ccn(Cc2cccc(Cl)c2)c(=O)c1=O. The molecule has 20 heavy (non-hydrogen) atoms. The molecule has 4 nitrogen and oxygen atoms in total. The molecule has 0 saturated carbocycles. The summed E-state index contributed by atoms with van der Waals surface area (Å²) < 4.78 is 2.79. The van der Waals surface area contributed by atoms with Gasteiger partial charge in [-0.05, 0) is 24.1 Å². The van der Waals surface area contributed by atoms with Gasteiger partial charge < -0.3 is 9.13 Å². The molecule has 0 N–H and O–H groups in total. The van der Waals surface area contributed by atoms with E-state index < -0.39 is 11.1 Å². The Hall–Kier alpha value is -2.07. The molecular weight excluding hydrogens is 276 g/mol. The van der Waals surface area contributed by atoms with Crippen molar-refractivity contribution in [3.63, 3.8) is 0 Å². The molecule has 0 atom stereocenters. The van der Waals surface area contributed by atoms with Crippen LogP contribution in [0.5, 0.6) is 0 Å². The van der Waals surface area contributed by atoms with E-state index in [-0.39, 0.29) is 0 Å². The van der Waals surface area contributed by atoms with Crippen LogP contribution in [-0.4, -0.2) is 9.13 Å². The largest absolute Gasteiger partial charge is 0.316 e. The Bertz CT molecular complexity index is 731. The van der Waals surface area contributed by atoms with Crippen LogP contribution < -0.4 is 11.1 Å². The van der Waals surface area contributed by atoms with E-state index in [1.54, 1.807) is 30.6 Å². The normalized spacial score (nSPS) is 10.4. The van der Waals surface area contributed by atoms with E-state index in [9.17, 15) is 9.59 Å². The van der Waals surface area contributed by atoms with Crippen LogP contribution in [0, 0.1) is 0 Å². The van der Waals surface area contributed by atoms with Crippen molar-refractivity contribution in [3.05, 3.63) is 80.6 Å². The number of aromatic nitrogens is 2. The summed E-state index contributed by atoms with van der Waals surface area (Å²) in [5.41, 5.74) is -0.171. The smallest absolute Gasteiger partial charge is 0.309 e. The number of hydrogen-bond acceptors (Lipinski definition) is 2. The van der Waals surface area contributed by atoms with Gasteiger partial charge in [-0.15, -0.1) is 6.58 Å². The minimum Gasteiger partial charge on any atom is -0.309 e. The molecule has 1 heterocycles.